The van der Waals surface area contributed by atoms with Gasteiger partial charge < -0.3 is 15.1 Å². The third-order valence-corrected chi connectivity index (χ3v) is 5.06. The summed E-state index contributed by atoms with van der Waals surface area (Å²) in [5, 5.41) is 3.85. The smallest absolute Gasteiger partial charge is 0.224 e. The van der Waals surface area contributed by atoms with Crippen molar-refractivity contribution in [1.82, 2.24) is 9.88 Å². The summed E-state index contributed by atoms with van der Waals surface area (Å²) in [7, 11) is 0. The van der Waals surface area contributed by atoms with Crippen LogP contribution in [0.4, 0.5) is 10.8 Å². The fourth-order valence-electron chi connectivity index (χ4n) is 2.59. The van der Waals surface area contributed by atoms with Crippen LogP contribution < -0.4 is 10.2 Å². The van der Waals surface area contributed by atoms with Gasteiger partial charge in [0.1, 0.15) is 0 Å². The Labute approximate surface area is 139 Å². The van der Waals surface area contributed by atoms with Crippen LogP contribution in [0.5, 0.6) is 0 Å². The highest BCUT2D eigenvalue weighted by Crippen LogP contribution is 2.31. The van der Waals surface area contributed by atoms with E-state index in [0.717, 1.165) is 47.2 Å². The molecule has 1 aromatic heterocycles. The molecule has 1 fully saturated rings. The number of nitrogens with one attached hydrogen (secondary N) is 1. The molecule has 0 aliphatic carbocycles. The molecule has 6 nitrogen and oxygen atoms in total. The quantitative estimate of drug-likeness (QED) is 0.937. The van der Waals surface area contributed by atoms with Crippen LogP contribution in [-0.4, -0.2) is 47.9 Å². The Morgan fingerprint density at radius 3 is 2.65 bits per heavy atom. The zero-order valence-corrected chi connectivity index (χ0v) is 14.2. The lowest BCUT2D eigenvalue weighted by molar-refractivity contribution is -0.129. The summed E-state index contributed by atoms with van der Waals surface area (Å²) in [4.78, 5) is 31.6. The number of piperazine rings is 1. The average molecular weight is 332 g/mol. The van der Waals surface area contributed by atoms with Crippen molar-refractivity contribution < 1.29 is 9.59 Å². The Morgan fingerprint density at radius 1 is 1.26 bits per heavy atom. The summed E-state index contributed by atoms with van der Waals surface area (Å²) in [6, 6.07) is 5.79. The third-order valence-electron chi connectivity index (χ3n) is 3.98. The molecule has 1 aromatic carbocycles. The van der Waals surface area contributed by atoms with Crippen LogP contribution in [0.3, 0.4) is 0 Å². The molecular formula is C16H20N4O2S. The Morgan fingerprint density at radius 2 is 2.00 bits per heavy atom. The molecule has 2 amide bonds. The van der Waals surface area contributed by atoms with Crippen molar-refractivity contribution in [3.05, 3.63) is 18.2 Å². The van der Waals surface area contributed by atoms with E-state index in [-0.39, 0.29) is 11.8 Å². The molecule has 1 aliphatic rings. The third kappa shape index (κ3) is 3.44. The molecule has 0 radical (unpaired) electrons. The number of fused-ring (bicyclic) bond motifs is 1. The predicted molar refractivity (Wildman–Crippen MR) is 93.0 cm³/mol. The normalized spacial score (nSPS) is 15.0. The number of nitrogens with zero attached hydrogens (tertiary/aromatic N) is 3. The van der Waals surface area contributed by atoms with Gasteiger partial charge >= 0.3 is 0 Å². The standard InChI is InChI=1S/C16H20N4O2S/c1-3-15(22)17-12-4-5-13-14(10-12)23-16(18-13)20-8-6-19(7-9-20)11(2)21/h4-5,10H,3,6-9H2,1-2H3,(H,17,22). The van der Waals surface area contributed by atoms with Gasteiger partial charge in [0.05, 0.1) is 10.2 Å². The fourth-order valence-corrected chi connectivity index (χ4v) is 3.64. The first-order valence-corrected chi connectivity index (χ1v) is 8.59. The van der Waals surface area contributed by atoms with E-state index < -0.39 is 0 Å². The van der Waals surface area contributed by atoms with Gasteiger partial charge in [0, 0.05) is 45.2 Å². The lowest BCUT2D eigenvalue weighted by atomic mass is 10.3. The molecule has 0 saturated carbocycles. The monoisotopic (exact) mass is 332 g/mol. The zero-order chi connectivity index (χ0) is 16.4. The number of benzene rings is 1. The van der Waals surface area contributed by atoms with Crippen molar-refractivity contribution in [3.63, 3.8) is 0 Å². The van der Waals surface area contributed by atoms with Crippen LogP contribution >= 0.6 is 11.3 Å². The van der Waals surface area contributed by atoms with E-state index in [0.29, 0.717) is 6.42 Å². The molecule has 0 unspecified atom stereocenters. The highest BCUT2D eigenvalue weighted by atomic mass is 32.1. The Bertz CT molecular complexity index is 735. The van der Waals surface area contributed by atoms with Crippen LogP contribution in [0.15, 0.2) is 18.2 Å². The van der Waals surface area contributed by atoms with E-state index in [1.807, 2.05) is 30.0 Å². The van der Waals surface area contributed by atoms with Crippen molar-refractivity contribution in [3.8, 4) is 0 Å². The molecule has 7 heteroatoms. The van der Waals surface area contributed by atoms with E-state index in [9.17, 15) is 9.59 Å². The molecular weight excluding hydrogens is 312 g/mol. The minimum Gasteiger partial charge on any atom is -0.345 e. The zero-order valence-electron chi connectivity index (χ0n) is 13.3. The number of carbonyl (C=O) groups is 2. The lowest BCUT2D eigenvalue weighted by Gasteiger charge is -2.33. The Kier molecular flexibility index (Phi) is 4.47. The highest BCUT2D eigenvalue weighted by molar-refractivity contribution is 7.22. The number of hydrogen-bond donors (Lipinski definition) is 1. The molecule has 23 heavy (non-hydrogen) atoms. The second-order valence-corrected chi connectivity index (χ2v) is 6.58. The predicted octanol–water partition coefficient (Wildman–Crippen LogP) is 2.31. The summed E-state index contributed by atoms with van der Waals surface area (Å²) in [5.41, 5.74) is 1.74. The van der Waals surface area contributed by atoms with E-state index in [1.165, 1.54) is 0 Å². The molecule has 0 atom stereocenters. The summed E-state index contributed by atoms with van der Waals surface area (Å²) >= 11 is 1.62. The van der Waals surface area contributed by atoms with Gasteiger partial charge in [-0.1, -0.05) is 18.3 Å². The highest BCUT2D eigenvalue weighted by Gasteiger charge is 2.21. The van der Waals surface area contributed by atoms with Gasteiger partial charge in [0.15, 0.2) is 5.13 Å². The molecule has 0 spiro atoms. The van der Waals surface area contributed by atoms with Gasteiger partial charge in [-0.3, -0.25) is 9.59 Å². The Balaban J connectivity index is 1.75. The maximum Gasteiger partial charge on any atom is 0.224 e. The largest absolute Gasteiger partial charge is 0.345 e. The number of carbonyl (C=O) groups excluding carboxylic acids is 2. The van der Waals surface area contributed by atoms with Crippen LogP contribution in [0.25, 0.3) is 10.2 Å². The summed E-state index contributed by atoms with van der Waals surface area (Å²) in [5.74, 6) is 0.139. The molecule has 2 aromatic rings. The van der Waals surface area contributed by atoms with Gasteiger partial charge in [-0.25, -0.2) is 4.98 Å². The minimum atomic E-state index is 0.00874. The van der Waals surface area contributed by atoms with Crippen molar-refractivity contribution in [2.45, 2.75) is 20.3 Å². The average Bonchev–Trinajstić information content (AvgIpc) is 2.98. The number of anilines is 2. The van der Waals surface area contributed by atoms with Gasteiger partial charge in [0.2, 0.25) is 11.8 Å². The van der Waals surface area contributed by atoms with Gasteiger partial charge in [-0.05, 0) is 18.2 Å². The van der Waals surface area contributed by atoms with Crippen molar-refractivity contribution in [2.75, 3.05) is 36.4 Å². The van der Waals surface area contributed by atoms with Crippen molar-refractivity contribution >= 4 is 44.2 Å². The molecule has 122 valence electrons. The number of rotatable bonds is 3. The molecule has 1 N–H and O–H groups in total. The maximum absolute atomic E-state index is 11.5. The lowest BCUT2D eigenvalue weighted by Crippen LogP contribution is -2.48. The van der Waals surface area contributed by atoms with Crippen LogP contribution in [0, 0.1) is 0 Å². The molecule has 3 rings (SSSR count). The second kappa shape index (κ2) is 6.54. The van der Waals surface area contributed by atoms with Crippen LogP contribution in [0.1, 0.15) is 20.3 Å². The first kappa shape index (κ1) is 15.7. The molecule has 0 bridgehead atoms. The number of amides is 2. The second-order valence-electron chi connectivity index (χ2n) is 5.57. The number of aromatic nitrogens is 1. The molecule has 1 saturated heterocycles. The van der Waals surface area contributed by atoms with Crippen molar-refractivity contribution in [1.29, 1.82) is 0 Å². The van der Waals surface area contributed by atoms with E-state index in [1.54, 1.807) is 18.3 Å². The van der Waals surface area contributed by atoms with E-state index >= 15 is 0 Å². The summed E-state index contributed by atoms with van der Waals surface area (Å²) in [6.07, 6.45) is 0.465. The topological polar surface area (TPSA) is 65.5 Å². The molecule has 2 heterocycles. The number of hydrogen-bond acceptors (Lipinski definition) is 5. The summed E-state index contributed by atoms with van der Waals surface area (Å²) < 4.78 is 1.06. The van der Waals surface area contributed by atoms with Crippen molar-refractivity contribution in [2.24, 2.45) is 0 Å². The van der Waals surface area contributed by atoms with E-state index in [2.05, 4.69) is 15.2 Å². The molecule has 1 aliphatic heterocycles. The van der Waals surface area contributed by atoms with Crippen LogP contribution in [0.2, 0.25) is 0 Å². The summed E-state index contributed by atoms with van der Waals surface area (Å²) in [6.45, 7) is 6.53. The maximum atomic E-state index is 11.5. The van der Waals surface area contributed by atoms with E-state index in [4.69, 9.17) is 0 Å². The van der Waals surface area contributed by atoms with Gasteiger partial charge in [-0.15, -0.1) is 0 Å². The number of thiazole rings is 1. The van der Waals surface area contributed by atoms with Gasteiger partial charge in [-0.2, -0.15) is 0 Å². The fraction of sp³-hybridized carbons (Fsp3) is 0.438. The first-order valence-electron chi connectivity index (χ1n) is 7.77. The minimum absolute atomic E-state index is 0.00874. The van der Waals surface area contributed by atoms with Crippen LogP contribution in [-0.2, 0) is 9.59 Å². The first-order chi connectivity index (χ1) is 11.1. The van der Waals surface area contributed by atoms with Gasteiger partial charge in [0.25, 0.3) is 0 Å². The Hall–Kier alpha value is -2.15. The SMILES string of the molecule is CCC(=O)Nc1ccc2nc(N3CCN(C(C)=O)CC3)sc2c1.